The van der Waals surface area contributed by atoms with Crippen molar-refractivity contribution in [3.05, 3.63) is 72.9 Å². The first kappa shape index (κ1) is 57.3. The second-order valence-electron chi connectivity index (χ2n) is 16.9. The van der Waals surface area contributed by atoms with Crippen LogP contribution in [0.15, 0.2) is 72.9 Å². The Morgan fingerprint density at radius 3 is 1.08 bits per heavy atom. The van der Waals surface area contributed by atoms with Crippen molar-refractivity contribution in [2.75, 3.05) is 13.2 Å². The predicted octanol–water partition coefficient (Wildman–Crippen LogP) is 16.9. The van der Waals surface area contributed by atoms with E-state index >= 15 is 0 Å². The third kappa shape index (κ3) is 48.0. The van der Waals surface area contributed by atoms with Gasteiger partial charge in [0.1, 0.15) is 6.61 Å². The van der Waals surface area contributed by atoms with E-state index in [0.29, 0.717) is 12.8 Å². The lowest BCUT2D eigenvalue weighted by atomic mass is 10.0. The molecule has 1 N–H and O–H groups in total. The van der Waals surface area contributed by atoms with Crippen molar-refractivity contribution in [1.82, 2.24) is 0 Å². The molecule has 0 bridgehead atoms. The lowest BCUT2D eigenvalue weighted by Crippen LogP contribution is -2.28. The van der Waals surface area contributed by atoms with Gasteiger partial charge in [-0.15, -0.1) is 0 Å². The summed E-state index contributed by atoms with van der Waals surface area (Å²) in [5, 5.41) is 9.63. The number of allylic oxidation sites excluding steroid dienone is 12. The number of aliphatic hydroxyl groups excluding tert-OH is 1. The van der Waals surface area contributed by atoms with Gasteiger partial charge in [0.2, 0.25) is 0 Å². The SMILES string of the molecule is CC/C=C\C/C=C\C/C=C\C/C=C\CCCCCCCCCCC(=O)OC(CO)COC(=O)CCCCCCCCCCCCCCC/C=C\C/C=C\CCCCCCC. The standard InChI is InChI=1S/C55H96O5/c1-3-5-7-9-11-13-15-17-19-21-23-25-26-27-28-30-31-33-35-37-39-41-43-45-47-49-54(57)59-52-53(51-56)60-55(58)50-48-46-44-42-40-38-36-34-32-29-24-22-20-18-16-14-12-10-8-6-4-2/h6,8,12,14-15,17-18,20-21,23-24,29,53,56H,3-5,7,9-11,13,16,19,22,25-28,30-52H2,1-2H3/b8-6-,14-12-,17-15-,20-18-,23-21-,29-24-. The molecule has 0 radical (unpaired) electrons. The minimum Gasteiger partial charge on any atom is -0.462 e. The number of esters is 2. The maximum Gasteiger partial charge on any atom is 0.306 e. The molecular weight excluding hydrogens is 741 g/mol. The predicted molar refractivity (Wildman–Crippen MR) is 260 cm³/mol. The molecule has 0 amide bonds. The highest BCUT2D eigenvalue weighted by Gasteiger charge is 2.16. The van der Waals surface area contributed by atoms with Crippen molar-refractivity contribution in [1.29, 1.82) is 0 Å². The number of hydrogen-bond acceptors (Lipinski definition) is 5. The van der Waals surface area contributed by atoms with E-state index in [1.54, 1.807) is 0 Å². The molecule has 0 aliphatic rings. The molecule has 346 valence electrons. The first-order chi connectivity index (χ1) is 29.6. The number of carbonyl (C=O) groups is 2. The number of aliphatic hydroxyl groups is 1. The molecule has 0 aromatic rings. The van der Waals surface area contributed by atoms with Crippen LogP contribution in [-0.4, -0.2) is 36.4 Å². The maximum absolute atomic E-state index is 12.3. The van der Waals surface area contributed by atoms with E-state index in [2.05, 4.69) is 86.8 Å². The summed E-state index contributed by atoms with van der Waals surface area (Å²) in [6.45, 7) is 4.02. The Labute approximate surface area is 372 Å². The summed E-state index contributed by atoms with van der Waals surface area (Å²) in [6, 6.07) is 0. The highest BCUT2D eigenvalue weighted by Crippen LogP contribution is 2.15. The quantitative estimate of drug-likeness (QED) is 0.0376. The Bertz CT molecular complexity index is 1080. The molecule has 1 atom stereocenters. The van der Waals surface area contributed by atoms with Gasteiger partial charge < -0.3 is 14.6 Å². The molecule has 5 heteroatoms. The van der Waals surface area contributed by atoms with Crippen molar-refractivity contribution < 1.29 is 24.2 Å². The van der Waals surface area contributed by atoms with Crippen LogP contribution in [0.5, 0.6) is 0 Å². The van der Waals surface area contributed by atoms with E-state index in [9.17, 15) is 14.7 Å². The van der Waals surface area contributed by atoms with Crippen molar-refractivity contribution in [3.63, 3.8) is 0 Å². The van der Waals surface area contributed by atoms with E-state index in [1.165, 1.54) is 141 Å². The van der Waals surface area contributed by atoms with Gasteiger partial charge in [0.15, 0.2) is 6.10 Å². The van der Waals surface area contributed by atoms with Gasteiger partial charge in [0.05, 0.1) is 6.61 Å². The maximum atomic E-state index is 12.3. The lowest BCUT2D eigenvalue weighted by molar-refractivity contribution is -0.161. The molecular formula is C55H96O5. The van der Waals surface area contributed by atoms with E-state index in [-0.39, 0.29) is 25.2 Å². The molecule has 0 saturated heterocycles. The van der Waals surface area contributed by atoms with Crippen LogP contribution in [0.1, 0.15) is 245 Å². The molecule has 0 saturated carbocycles. The number of carbonyl (C=O) groups excluding carboxylic acids is 2. The smallest absolute Gasteiger partial charge is 0.306 e. The van der Waals surface area contributed by atoms with Crippen LogP contribution in [0.2, 0.25) is 0 Å². The van der Waals surface area contributed by atoms with E-state index < -0.39 is 6.10 Å². The van der Waals surface area contributed by atoms with Crippen molar-refractivity contribution >= 4 is 11.9 Å². The van der Waals surface area contributed by atoms with Gasteiger partial charge in [-0.25, -0.2) is 0 Å². The Balaban J connectivity index is 3.52. The zero-order chi connectivity index (χ0) is 43.5. The van der Waals surface area contributed by atoms with Gasteiger partial charge in [0, 0.05) is 12.8 Å². The lowest BCUT2D eigenvalue weighted by Gasteiger charge is -2.15. The molecule has 0 aliphatic carbocycles. The van der Waals surface area contributed by atoms with Crippen LogP contribution in [0.25, 0.3) is 0 Å². The van der Waals surface area contributed by atoms with Crippen LogP contribution in [0.3, 0.4) is 0 Å². The number of unbranched alkanes of at least 4 members (excludes halogenated alkanes) is 26. The summed E-state index contributed by atoms with van der Waals surface area (Å²) in [6.07, 6.45) is 68.5. The molecule has 0 rings (SSSR count). The largest absolute Gasteiger partial charge is 0.462 e. The Morgan fingerprint density at radius 1 is 0.400 bits per heavy atom. The fourth-order valence-corrected chi connectivity index (χ4v) is 7.17. The molecule has 0 fully saturated rings. The normalized spacial score (nSPS) is 12.8. The van der Waals surface area contributed by atoms with Gasteiger partial charge in [0.25, 0.3) is 0 Å². The van der Waals surface area contributed by atoms with Gasteiger partial charge in [-0.2, -0.15) is 0 Å². The summed E-state index contributed by atoms with van der Waals surface area (Å²) in [7, 11) is 0. The molecule has 60 heavy (non-hydrogen) atoms. The Hall–Kier alpha value is -2.66. The fourth-order valence-electron chi connectivity index (χ4n) is 7.17. The molecule has 1 unspecified atom stereocenters. The van der Waals surface area contributed by atoms with Gasteiger partial charge in [-0.3, -0.25) is 9.59 Å². The number of ether oxygens (including phenoxy) is 2. The van der Waals surface area contributed by atoms with Crippen LogP contribution < -0.4 is 0 Å². The van der Waals surface area contributed by atoms with E-state index in [1.807, 2.05) is 0 Å². The van der Waals surface area contributed by atoms with Gasteiger partial charge >= 0.3 is 11.9 Å². The third-order valence-electron chi connectivity index (χ3n) is 11.0. The number of hydrogen-bond donors (Lipinski definition) is 1. The van der Waals surface area contributed by atoms with Crippen molar-refractivity contribution in [2.24, 2.45) is 0 Å². The summed E-state index contributed by atoms with van der Waals surface area (Å²) in [5.41, 5.74) is 0. The zero-order valence-electron chi connectivity index (χ0n) is 39.5. The van der Waals surface area contributed by atoms with Crippen molar-refractivity contribution in [2.45, 2.75) is 251 Å². The highest BCUT2D eigenvalue weighted by atomic mass is 16.6. The number of rotatable bonds is 46. The topological polar surface area (TPSA) is 72.8 Å². The first-order valence-corrected chi connectivity index (χ1v) is 25.5. The Kier molecular flexibility index (Phi) is 48.4. The molecule has 0 heterocycles. The average Bonchev–Trinajstić information content (AvgIpc) is 3.25. The minimum absolute atomic E-state index is 0.0713. The van der Waals surface area contributed by atoms with Crippen LogP contribution >= 0.6 is 0 Å². The molecule has 0 spiro atoms. The minimum atomic E-state index is -0.780. The monoisotopic (exact) mass is 837 g/mol. The third-order valence-corrected chi connectivity index (χ3v) is 11.0. The zero-order valence-corrected chi connectivity index (χ0v) is 39.5. The molecule has 5 nitrogen and oxygen atoms in total. The second kappa shape index (κ2) is 50.7. The highest BCUT2D eigenvalue weighted by molar-refractivity contribution is 5.70. The summed E-state index contributed by atoms with van der Waals surface area (Å²) in [5.74, 6) is -0.598. The van der Waals surface area contributed by atoms with Crippen LogP contribution in [0, 0.1) is 0 Å². The summed E-state index contributed by atoms with van der Waals surface area (Å²) in [4.78, 5) is 24.5. The van der Waals surface area contributed by atoms with Crippen LogP contribution in [0.4, 0.5) is 0 Å². The van der Waals surface area contributed by atoms with E-state index in [4.69, 9.17) is 9.47 Å². The summed E-state index contributed by atoms with van der Waals surface area (Å²) >= 11 is 0. The average molecular weight is 837 g/mol. The fraction of sp³-hybridized carbons (Fsp3) is 0.745. The Morgan fingerprint density at radius 2 is 0.717 bits per heavy atom. The first-order valence-electron chi connectivity index (χ1n) is 25.5. The van der Waals surface area contributed by atoms with Crippen molar-refractivity contribution in [3.8, 4) is 0 Å². The second-order valence-corrected chi connectivity index (χ2v) is 16.9. The van der Waals surface area contributed by atoms with Gasteiger partial charge in [-0.05, 0) is 83.5 Å². The van der Waals surface area contributed by atoms with E-state index in [0.717, 1.165) is 77.0 Å². The molecule has 0 aliphatic heterocycles. The van der Waals surface area contributed by atoms with Crippen LogP contribution in [-0.2, 0) is 19.1 Å². The molecule has 0 aromatic heterocycles. The summed E-state index contributed by atoms with van der Waals surface area (Å²) < 4.78 is 10.7. The van der Waals surface area contributed by atoms with Gasteiger partial charge in [-0.1, -0.05) is 222 Å². The molecule has 0 aromatic carbocycles.